The fourth-order valence-corrected chi connectivity index (χ4v) is 2.24. The topological polar surface area (TPSA) is 103 Å². The molecule has 2 aromatic carbocycles. The maximum absolute atomic E-state index is 11.9. The second kappa shape index (κ2) is 8.78. The van der Waals surface area contributed by atoms with Crippen LogP contribution in [0, 0.1) is 10.1 Å². The van der Waals surface area contributed by atoms with Crippen molar-refractivity contribution in [3.8, 4) is 5.75 Å². The van der Waals surface area contributed by atoms with Gasteiger partial charge in [0.05, 0.1) is 30.0 Å². The summed E-state index contributed by atoms with van der Waals surface area (Å²) < 4.78 is 5.89. The van der Waals surface area contributed by atoms with E-state index in [-0.39, 0.29) is 18.0 Å². The van der Waals surface area contributed by atoms with Crippen LogP contribution in [0.4, 0.5) is 11.4 Å². The van der Waals surface area contributed by atoms with E-state index in [9.17, 15) is 14.9 Å². The van der Waals surface area contributed by atoms with Gasteiger partial charge in [-0.15, -0.1) is 0 Å². The van der Waals surface area contributed by atoms with Crippen molar-refractivity contribution in [2.45, 2.75) is 0 Å². The number of hydrogen-bond acceptors (Lipinski definition) is 6. The van der Waals surface area contributed by atoms with Crippen LogP contribution in [-0.2, 0) is 9.63 Å². The normalized spacial score (nSPS) is 10.5. The zero-order valence-corrected chi connectivity index (χ0v) is 14.7. The Kier molecular flexibility index (Phi) is 6.47. The maximum atomic E-state index is 11.9. The number of carbonyl (C=O) groups excluding carboxylic acids is 1. The Hall–Kier alpha value is -2.94. The average molecular weight is 408 g/mol. The first-order valence-corrected chi connectivity index (χ1v) is 7.82. The molecule has 0 bridgehead atoms. The number of benzene rings is 2. The molecule has 0 radical (unpaired) electrons. The van der Waals surface area contributed by atoms with Crippen molar-refractivity contribution < 1.29 is 19.3 Å². The molecule has 130 valence electrons. The van der Waals surface area contributed by atoms with Gasteiger partial charge >= 0.3 is 0 Å². The lowest BCUT2D eigenvalue weighted by Crippen LogP contribution is -2.17. The average Bonchev–Trinajstić information content (AvgIpc) is 2.60. The summed E-state index contributed by atoms with van der Waals surface area (Å²) in [5, 5.41) is 17.0. The van der Waals surface area contributed by atoms with E-state index in [2.05, 4.69) is 26.4 Å². The molecule has 0 heterocycles. The van der Waals surface area contributed by atoms with Crippen LogP contribution >= 0.6 is 15.9 Å². The second-order valence-corrected chi connectivity index (χ2v) is 5.57. The molecule has 0 aliphatic rings. The quantitative estimate of drug-likeness (QED) is 0.430. The molecule has 2 rings (SSSR count). The summed E-state index contributed by atoms with van der Waals surface area (Å²) in [5.74, 6) is -0.296. The monoisotopic (exact) mass is 407 g/mol. The molecule has 0 fully saturated rings. The molecule has 8 nitrogen and oxygen atoms in total. The van der Waals surface area contributed by atoms with E-state index >= 15 is 0 Å². The van der Waals surface area contributed by atoms with Gasteiger partial charge in [0.1, 0.15) is 5.75 Å². The van der Waals surface area contributed by atoms with Gasteiger partial charge in [0.15, 0.2) is 6.61 Å². The smallest absolute Gasteiger partial charge is 0.273 e. The van der Waals surface area contributed by atoms with E-state index in [1.807, 2.05) is 24.3 Å². The maximum Gasteiger partial charge on any atom is 0.273 e. The van der Waals surface area contributed by atoms with E-state index in [0.29, 0.717) is 5.69 Å². The highest BCUT2D eigenvalue weighted by molar-refractivity contribution is 9.10. The number of hydrogen-bond donors (Lipinski definition) is 1. The van der Waals surface area contributed by atoms with Crippen LogP contribution < -0.4 is 10.1 Å². The van der Waals surface area contributed by atoms with Gasteiger partial charge in [-0.2, -0.15) is 0 Å². The molecule has 0 aliphatic carbocycles. The van der Waals surface area contributed by atoms with E-state index < -0.39 is 10.8 Å². The Morgan fingerprint density at radius 2 is 2.12 bits per heavy atom. The molecule has 1 amide bonds. The van der Waals surface area contributed by atoms with Crippen LogP contribution in [0.5, 0.6) is 5.75 Å². The molecule has 0 atom stereocenters. The summed E-state index contributed by atoms with van der Waals surface area (Å²) in [6.45, 7) is -0.318. The molecule has 9 heteroatoms. The number of oxime groups is 1. The summed E-state index contributed by atoms with van der Waals surface area (Å²) in [4.78, 5) is 27.0. The van der Waals surface area contributed by atoms with Crippen LogP contribution in [0.2, 0.25) is 0 Å². The van der Waals surface area contributed by atoms with Crippen LogP contribution in [0.15, 0.2) is 52.1 Å². The van der Waals surface area contributed by atoms with Gasteiger partial charge in [0.25, 0.3) is 11.6 Å². The number of methoxy groups -OCH3 is 1. The van der Waals surface area contributed by atoms with Gasteiger partial charge in [0.2, 0.25) is 0 Å². The van der Waals surface area contributed by atoms with E-state index in [0.717, 1.165) is 10.0 Å². The third kappa shape index (κ3) is 5.28. The Bertz CT molecular complexity index is 810. The number of amides is 1. The minimum atomic E-state index is -0.548. The van der Waals surface area contributed by atoms with E-state index in [4.69, 9.17) is 9.57 Å². The minimum absolute atomic E-state index is 0.135. The van der Waals surface area contributed by atoms with Gasteiger partial charge in [-0.25, -0.2) is 0 Å². The number of non-ortho nitro benzene ring substituents is 1. The van der Waals surface area contributed by atoms with Crippen molar-refractivity contribution in [3.63, 3.8) is 0 Å². The number of nitrogens with one attached hydrogen (secondary N) is 1. The van der Waals surface area contributed by atoms with Crippen molar-refractivity contribution >= 4 is 39.4 Å². The first-order valence-electron chi connectivity index (χ1n) is 7.03. The molecule has 0 spiro atoms. The summed E-state index contributed by atoms with van der Waals surface area (Å²) >= 11 is 3.37. The highest BCUT2D eigenvalue weighted by Crippen LogP contribution is 2.28. The lowest BCUT2D eigenvalue weighted by Gasteiger charge is -2.09. The predicted molar refractivity (Wildman–Crippen MR) is 96.0 cm³/mol. The van der Waals surface area contributed by atoms with Crippen LogP contribution in [0.25, 0.3) is 0 Å². The summed E-state index contributed by atoms with van der Waals surface area (Å²) in [6.07, 6.45) is 1.48. The molecule has 0 saturated heterocycles. The molecule has 0 saturated carbocycles. The summed E-state index contributed by atoms with van der Waals surface area (Å²) in [6, 6.07) is 11.3. The Balaban J connectivity index is 1.92. The third-order valence-electron chi connectivity index (χ3n) is 3.04. The number of ether oxygens (including phenoxy) is 1. The van der Waals surface area contributed by atoms with Crippen molar-refractivity contribution in [1.29, 1.82) is 0 Å². The number of rotatable bonds is 7. The molecule has 0 aliphatic heterocycles. The molecule has 0 unspecified atom stereocenters. The fourth-order valence-electron chi connectivity index (χ4n) is 1.85. The third-order valence-corrected chi connectivity index (χ3v) is 3.76. The van der Waals surface area contributed by atoms with Crippen LogP contribution in [0.3, 0.4) is 0 Å². The fraction of sp³-hybridized carbons (Fsp3) is 0.125. The molecule has 1 N–H and O–H groups in total. The molecule has 2 aromatic rings. The number of nitrogens with zero attached hydrogens (tertiary/aromatic N) is 2. The summed E-state index contributed by atoms with van der Waals surface area (Å²) in [5.41, 5.74) is 0.973. The Morgan fingerprint density at radius 1 is 1.36 bits per heavy atom. The van der Waals surface area contributed by atoms with Crippen molar-refractivity contribution in [2.24, 2.45) is 5.16 Å². The number of anilines is 1. The SMILES string of the molecule is COc1cc([N+](=O)[O-])ccc1NC(=O)CO/N=C\c1ccccc1Br. The van der Waals surface area contributed by atoms with E-state index in [1.54, 1.807) is 0 Å². The number of carbonyl (C=O) groups is 1. The predicted octanol–water partition coefficient (Wildman–Crippen LogP) is 3.36. The van der Waals surface area contributed by atoms with Crippen molar-refractivity contribution in [2.75, 3.05) is 19.0 Å². The zero-order chi connectivity index (χ0) is 18.2. The molecule has 25 heavy (non-hydrogen) atoms. The highest BCUT2D eigenvalue weighted by Gasteiger charge is 2.13. The first kappa shape index (κ1) is 18.4. The number of nitro benzene ring substituents is 1. The van der Waals surface area contributed by atoms with Crippen molar-refractivity contribution in [1.82, 2.24) is 0 Å². The largest absolute Gasteiger partial charge is 0.494 e. The van der Waals surface area contributed by atoms with Crippen LogP contribution in [0.1, 0.15) is 5.56 Å². The van der Waals surface area contributed by atoms with Gasteiger partial charge in [-0.3, -0.25) is 14.9 Å². The van der Waals surface area contributed by atoms with Crippen molar-refractivity contribution in [3.05, 3.63) is 62.6 Å². The summed E-state index contributed by atoms with van der Waals surface area (Å²) in [7, 11) is 1.35. The van der Waals surface area contributed by atoms with E-state index in [1.165, 1.54) is 31.5 Å². The van der Waals surface area contributed by atoms with Gasteiger partial charge in [0, 0.05) is 16.1 Å². The van der Waals surface area contributed by atoms with Crippen LogP contribution in [-0.4, -0.2) is 30.8 Å². The zero-order valence-electron chi connectivity index (χ0n) is 13.1. The van der Waals surface area contributed by atoms with Gasteiger partial charge < -0.3 is 14.9 Å². The van der Waals surface area contributed by atoms with Gasteiger partial charge in [-0.05, 0) is 12.1 Å². The molecular formula is C16H14BrN3O5. The molecule has 0 aromatic heterocycles. The number of halogens is 1. The second-order valence-electron chi connectivity index (χ2n) is 4.72. The Morgan fingerprint density at radius 3 is 2.80 bits per heavy atom. The minimum Gasteiger partial charge on any atom is -0.494 e. The lowest BCUT2D eigenvalue weighted by molar-refractivity contribution is -0.384. The molecular weight excluding hydrogens is 394 g/mol. The lowest BCUT2D eigenvalue weighted by atomic mass is 10.2. The standard InChI is InChI=1S/C16H14BrN3O5/c1-24-15-8-12(20(22)23)6-7-14(15)19-16(21)10-25-18-9-11-4-2-3-5-13(11)17/h2-9H,10H2,1H3,(H,19,21)/b18-9-. The Labute approximate surface area is 151 Å². The number of nitro groups is 1. The van der Waals surface area contributed by atoms with Gasteiger partial charge in [-0.1, -0.05) is 39.3 Å². The highest BCUT2D eigenvalue weighted by atomic mass is 79.9. The first-order chi connectivity index (χ1) is 12.0.